The first-order valence-corrected chi connectivity index (χ1v) is 7.85. The Hall–Kier alpha value is -3.02. The van der Waals surface area contributed by atoms with Gasteiger partial charge in [0.2, 0.25) is 5.95 Å². The molecule has 6 nitrogen and oxygen atoms in total. The molecule has 1 N–H and O–H groups in total. The lowest BCUT2D eigenvalue weighted by Crippen LogP contribution is -2.09. The van der Waals surface area contributed by atoms with Gasteiger partial charge in [-0.2, -0.15) is 5.10 Å². The van der Waals surface area contributed by atoms with Crippen molar-refractivity contribution in [1.29, 1.82) is 0 Å². The Morgan fingerprint density at radius 3 is 2.54 bits per heavy atom. The second kappa shape index (κ2) is 7.04. The number of fused-ring (bicyclic) bond motifs is 1. The van der Waals surface area contributed by atoms with Gasteiger partial charge in [-0.05, 0) is 22.9 Å². The van der Waals surface area contributed by atoms with Crippen LogP contribution in [0.4, 0.5) is 5.95 Å². The number of hydrogen-bond acceptors (Lipinski definition) is 4. The molecule has 3 aromatic rings. The molecule has 0 spiro atoms. The molecule has 1 aromatic heterocycles. The molecule has 1 heterocycles. The predicted octanol–water partition coefficient (Wildman–Crippen LogP) is 4.23. The maximum atomic E-state index is 10.9. The van der Waals surface area contributed by atoms with Gasteiger partial charge in [0.05, 0.1) is 17.6 Å². The van der Waals surface area contributed by atoms with Crippen molar-refractivity contribution in [2.75, 3.05) is 5.43 Å². The van der Waals surface area contributed by atoms with E-state index in [4.69, 9.17) is 0 Å². The topological polar surface area (TPSA) is 71.6 Å². The van der Waals surface area contributed by atoms with Crippen molar-refractivity contribution in [3.63, 3.8) is 0 Å². The van der Waals surface area contributed by atoms with Crippen LogP contribution in [0.5, 0.6) is 0 Å². The van der Waals surface area contributed by atoms with Crippen molar-refractivity contribution in [1.82, 2.24) is 9.55 Å². The molecule has 0 amide bonds. The zero-order valence-electron chi connectivity index (χ0n) is 13.7. The Morgan fingerprint density at radius 1 is 1.12 bits per heavy atom. The maximum absolute atomic E-state index is 10.9. The third-order valence-electron chi connectivity index (χ3n) is 3.72. The fourth-order valence-corrected chi connectivity index (χ4v) is 2.45. The van der Waals surface area contributed by atoms with Crippen LogP contribution in [0.15, 0.2) is 64.9 Å². The maximum Gasteiger partial charge on any atom is 0.225 e. The molecule has 0 fully saturated rings. The van der Waals surface area contributed by atoms with Crippen molar-refractivity contribution in [2.24, 2.45) is 16.2 Å². The zero-order chi connectivity index (χ0) is 16.9. The van der Waals surface area contributed by atoms with Gasteiger partial charge < -0.3 is 4.57 Å². The number of nitroso groups, excluding NO2 is 1. The molecule has 3 rings (SSSR count). The highest BCUT2D eigenvalue weighted by Gasteiger charge is 2.12. The average Bonchev–Trinajstić information content (AvgIpc) is 2.94. The van der Waals surface area contributed by atoms with Gasteiger partial charge in [-0.3, -0.25) is 0 Å². The Kier molecular flexibility index (Phi) is 4.65. The van der Waals surface area contributed by atoms with Crippen LogP contribution in [-0.2, 0) is 6.54 Å². The Labute approximate surface area is 140 Å². The number of imidazole rings is 1. The molecule has 0 bridgehead atoms. The number of nitrogens with one attached hydrogen (secondary N) is 1. The fraction of sp³-hybridized carbons (Fsp3) is 0.222. The number of aromatic nitrogens is 2. The second-order valence-corrected chi connectivity index (χ2v) is 5.82. The number of amidine groups is 1. The molecule has 0 atom stereocenters. The Morgan fingerprint density at radius 2 is 1.83 bits per heavy atom. The summed E-state index contributed by atoms with van der Waals surface area (Å²) in [5, 5.41) is 7.08. The monoisotopic (exact) mass is 321 g/mol. The first kappa shape index (κ1) is 15.9. The van der Waals surface area contributed by atoms with Crippen LogP contribution in [-0.4, -0.2) is 15.4 Å². The molecule has 122 valence electrons. The van der Waals surface area contributed by atoms with E-state index in [9.17, 15) is 4.91 Å². The van der Waals surface area contributed by atoms with E-state index in [0.29, 0.717) is 12.5 Å². The van der Waals surface area contributed by atoms with E-state index in [0.717, 1.165) is 16.6 Å². The van der Waals surface area contributed by atoms with Crippen LogP contribution in [0, 0.1) is 10.8 Å². The number of rotatable bonds is 5. The smallest absolute Gasteiger partial charge is 0.225 e. The largest absolute Gasteiger partial charge is 0.304 e. The van der Waals surface area contributed by atoms with Gasteiger partial charge >= 0.3 is 0 Å². The lowest BCUT2D eigenvalue weighted by atomic mass is 10.2. The fourth-order valence-electron chi connectivity index (χ4n) is 2.45. The highest BCUT2D eigenvalue weighted by atomic mass is 16.3. The predicted molar refractivity (Wildman–Crippen MR) is 97.0 cm³/mol. The van der Waals surface area contributed by atoms with Crippen molar-refractivity contribution in [3.8, 4) is 0 Å². The number of hydrazone groups is 1. The van der Waals surface area contributed by atoms with E-state index in [2.05, 4.69) is 32.8 Å². The van der Waals surface area contributed by atoms with Crippen LogP contribution in [0.1, 0.15) is 19.4 Å². The zero-order valence-corrected chi connectivity index (χ0v) is 13.7. The molecule has 24 heavy (non-hydrogen) atoms. The van der Waals surface area contributed by atoms with E-state index in [-0.39, 0.29) is 11.8 Å². The number of benzene rings is 2. The van der Waals surface area contributed by atoms with Gasteiger partial charge in [-0.25, -0.2) is 10.4 Å². The van der Waals surface area contributed by atoms with E-state index >= 15 is 0 Å². The molecule has 2 aromatic carbocycles. The molecular weight excluding hydrogens is 302 g/mol. The third kappa shape index (κ3) is 3.32. The first-order chi connectivity index (χ1) is 11.7. The minimum atomic E-state index is -0.0537. The van der Waals surface area contributed by atoms with Crippen LogP contribution >= 0.6 is 0 Å². The number of anilines is 1. The van der Waals surface area contributed by atoms with E-state index < -0.39 is 0 Å². The third-order valence-corrected chi connectivity index (χ3v) is 3.72. The summed E-state index contributed by atoms with van der Waals surface area (Å²) < 4.78 is 2.04. The van der Waals surface area contributed by atoms with E-state index in [1.165, 1.54) is 0 Å². The Bertz CT molecular complexity index is 868. The molecule has 0 unspecified atom stereocenters. The lowest BCUT2D eigenvalue weighted by Gasteiger charge is -2.09. The minimum absolute atomic E-state index is 0.0537. The molecule has 0 saturated heterocycles. The van der Waals surface area contributed by atoms with E-state index in [1.807, 2.05) is 60.9 Å². The van der Waals surface area contributed by atoms with Gasteiger partial charge in [0.1, 0.15) is 0 Å². The highest BCUT2D eigenvalue weighted by Crippen LogP contribution is 2.21. The van der Waals surface area contributed by atoms with Crippen LogP contribution < -0.4 is 5.43 Å². The van der Waals surface area contributed by atoms with Crippen LogP contribution in [0.25, 0.3) is 11.0 Å². The first-order valence-electron chi connectivity index (χ1n) is 7.85. The summed E-state index contributed by atoms with van der Waals surface area (Å²) in [6.07, 6.45) is 0. The quantitative estimate of drug-likeness (QED) is 0.331. The van der Waals surface area contributed by atoms with Gasteiger partial charge in [-0.15, -0.1) is 4.91 Å². The summed E-state index contributed by atoms with van der Waals surface area (Å²) in [6.45, 7) is 4.40. The van der Waals surface area contributed by atoms with Crippen molar-refractivity contribution < 1.29 is 0 Å². The number of para-hydroxylation sites is 2. The summed E-state index contributed by atoms with van der Waals surface area (Å²) in [5.41, 5.74) is 5.93. The summed E-state index contributed by atoms with van der Waals surface area (Å²) in [7, 11) is 0. The summed E-state index contributed by atoms with van der Waals surface area (Å²) in [6, 6.07) is 18.0. The van der Waals surface area contributed by atoms with Crippen molar-refractivity contribution in [3.05, 3.63) is 65.1 Å². The van der Waals surface area contributed by atoms with Crippen LogP contribution in [0.2, 0.25) is 0 Å². The SMILES string of the molecule is CC(C)/C(N=O)=N/Nc1nc2ccccc2n1Cc1ccccc1. The van der Waals surface area contributed by atoms with Gasteiger partial charge in [-0.1, -0.05) is 56.3 Å². The van der Waals surface area contributed by atoms with Gasteiger partial charge in [0.15, 0.2) is 5.84 Å². The molecule has 0 aliphatic heterocycles. The van der Waals surface area contributed by atoms with Crippen LogP contribution in [0.3, 0.4) is 0 Å². The molecule has 0 radical (unpaired) electrons. The average molecular weight is 321 g/mol. The van der Waals surface area contributed by atoms with E-state index in [1.54, 1.807) is 0 Å². The van der Waals surface area contributed by atoms with Crippen molar-refractivity contribution >= 4 is 22.8 Å². The standard InChI is InChI=1S/C18H19N5O/c1-13(2)17(22-24)20-21-18-19-15-10-6-7-11-16(15)23(18)12-14-8-4-3-5-9-14/h3-11,13H,12H2,1-2H3,(H,19,21)/b20-17-. The summed E-state index contributed by atoms with van der Waals surface area (Å²) in [4.78, 5) is 15.4. The second-order valence-electron chi connectivity index (χ2n) is 5.82. The summed E-state index contributed by atoms with van der Waals surface area (Å²) in [5.74, 6) is 0.747. The Balaban J connectivity index is 2.00. The molecule has 0 aliphatic rings. The van der Waals surface area contributed by atoms with Gasteiger partial charge in [0.25, 0.3) is 0 Å². The number of nitrogens with zero attached hydrogens (tertiary/aromatic N) is 4. The summed E-state index contributed by atoms with van der Waals surface area (Å²) >= 11 is 0. The van der Waals surface area contributed by atoms with Gasteiger partial charge in [0, 0.05) is 5.92 Å². The molecule has 0 saturated carbocycles. The molecular formula is C18H19N5O. The minimum Gasteiger partial charge on any atom is -0.304 e. The van der Waals surface area contributed by atoms with Crippen molar-refractivity contribution in [2.45, 2.75) is 20.4 Å². The highest BCUT2D eigenvalue weighted by molar-refractivity contribution is 5.85. The normalized spacial score (nSPS) is 11.9. The lowest BCUT2D eigenvalue weighted by molar-refractivity contribution is 0.821. The molecule has 6 heteroatoms. The molecule has 0 aliphatic carbocycles. The number of hydrogen-bond donors (Lipinski definition) is 1.